The maximum Gasteiger partial charge on any atom is 0.143 e. The Labute approximate surface area is 240 Å². The van der Waals surface area contributed by atoms with Gasteiger partial charge in [-0.2, -0.15) is 0 Å². The summed E-state index contributed by atoms with van der Waals surface area (Å²) in [5.74, 6) is 0.716. The highest BCUT2D eigenvalue weighted by Gasteiger charge is 2.23. The molecule has 0 fully saturated rings. The van der Waals surface area contributed by atoms with Crippen molar-refractivity contribution in [1.29, 1.82) is 0 Å². The molecule has 1 rings (SSSR count). The Bertz CT molecular complexity index is 865. The predicted molar refractivity (Wildman–Crippen MR) is 157 cm³/mol. The number of ketones is 4. The minimum atomic E-state index is -0.427. The quantitative estimate of drug-likeness (QED) is 0.0929. The number of unbranched alkanes of at least 4 members (excludes halogenated alkanes) is 6. The third-order valence-electron chi connectivity index (χ3n) is 7.15. The topological polar surface area (TPSA) is 86.7 Å². The molecule has 1 aromatic carbocycles. The molecule has 0 aliphatic rings. The van der Waals surface area contributed by atoms with Crippen molar-refractivity contribution in [3.63, 3.8) is 0 Å². The van der Waals surface area contributed by atoms with Gasteiger partial charge < -0.3 is 9.47 Å². The monoisotopic (exact) mass is 564 g/mol. The number of ether oxygens (including phenoxy) is 2. The third kappa shape index (κ3) is 13.6. The first-order chi connectivity index (χ1) is 18.8. The molecule has 0 bridgehead atoms. The van der Waals surface area contributed by atoms with Gasteiger partial charge in [-0.1, -0.05) is 77.8 Å². The van der Waals surface area contributed by atoms with Crippen molar-refractivity contribution in [2.45, 2.75) is 118 Å². The predicted octanol–water partition coefficient (Wildman–Crippen LogP) is 8.15. The molecule has 0 saturated heterocycles. The van der Waals surface area contributed by atoms with Crippen LogP contribution in [0.25, 0.3) is 0 Å². The van der Waals surface area contributed by atoms with Crippen molar-refractivity contribution in [3.05, 3.63) is 23.2 Å². The molecule has 220 valence electrons. The van der Waals surface area contributed by atoms with Crippen molar-refractivity contribution >= 4 is 34.7 Å². The highest BCUT2D eigenvalue weighted by molar-refractivity contribution is 6.32. The summed E-state index contributed by atoms with van der Waals surface area (Å²) in [5, 5.41) is 0.513. The molecule has 7 heteroatoms. The van der Waals surface area contributed by atoms with Gasteiger partial charge in [-0.25, -0.2) is 0 Å². The van der Waals surface area contributed by atoms with Gasteiger partial charge in [0.25, 0.3) is 0 Å². The van der Waals surface area contributed by atoms with Crippen LogP contribution in [-0.2, 0) is 19.2 Å². The SMILES string of the molecule is CCC(=O)C(CCCCCCOc1ccc(OCCCCCCC(C(=O)CC)C(=O)CC)c(Cl)c1)C(=O)CC. The standard InChI is InChI=1S/C32H49ClO6/c1-5-28(34)25(29(35)6-2)17-13-9-11-15-21-38-24-19-20-32(27(33)23-24)39-22-16-12-10-14-18-26(30(36)7-3)31(37)8-4/h19-20,23,25-26H,5-18,21-22H2,1-4H3. The average molecular weight is 565 g/mol. The van der Waals surface area contributed by atoms with E-state index in [1.165, 1.54) is 0 Å². The Hall–Kier alpha value is -2.21. The lowest BCUT2D eigenvalue weighted by Crippen LogP contribution is -2.22. The molecular formula is C32H49ClO6. The average Bonchev–Trinajstić information content (AvgIpc) is 2.95. The van der Waals surface area contributed by atoms with E-state index in [4.69, 9.17) is 21.1 Å². The van der Waals surface area contributed by atoms with Crippen LogP contribution in [0.15, 0.2) is 18.2 Å². The van der Waals surface area contributed by atoms with Crippen LogP contribution in [0.2, 0.25) is 5.02 Å². The lowest BCUT2D eigenvalue weighted by atomic mass is 9.90. The number of benzene rings is 1. The van der Waals surface area contributed by atoms with E-state index in [9.17, 15) is 19.2 Å². The van der Waals surface area contributed by atoms with Crippen molar-refractivity contribution < 1.29 is 28.7 Å². The zero-order valence-electron chi connectivity index (χ0n) is 24.5. The molecule has 39 heavy (non-hydrogen) atoms. The number of carbonyl (C=O) groups is 4. The summed E-state index contributed by atoms with van der Waals surface area (Å²) in [4.78, 5) is 48.0. The number of Topliss-reactive ketones (excluding diaryl/α,β-unsaturated/α-hetero) is 4. The minimum absolute atomic E-state index is 0.0584. The summed E-state index contributed by atoms with van der Waals surface area (Å²) in [6.45, 7) is 8.40. The van der Waals surface area contributed by atoms with Gasteiger partial charge in [0.2, 0.25) is 0 Å². The number of hydrogen-bond acceptors (Lipinski definition) is 6. The normalized spacial score (nSPS) is 11.2. The van der Waals surface area contributed by atoms with Gasteiger partial charge in [0, 0.05) is 31.7 Å². The number of rotatable bonds is 24. The van der Waals surface area contributed by atoms with Crippen LogP contribution in [0.3, 0.4) is 0 Å². The molecule has 0 aliphatic heterocycles. The van der Waals surface area contributed by atoms with Crippen LogP contribution in [0.5, 0.6) is 11.5 Å². The van der Waals surface area contributed by atoms with E-state index in [2.05, 4.69) is 0 Å². The van der Waals surface area contributed by atoms with E-state index in [0.29, 0.717) is 68.3 Å². The Morgan fingerprint density at radius 3 is 1.44 bits per heavy atom. The Morgan fingerprint density at radius 2 is 1.03 bits per heavy atom. The molecule has 6 nitrogen and oxygen atoms in total. The van der Waals surface area contributed by atoms with E-state index >= 15 is 0 Å². The molecular weight excluding hydrogens is 516 g/mol. The Balaban J connectivity index is 2.23. The molecule has 0 heterocycles. The molecule has 0 atom stereocenters. The summed E-state index contributed by atoms with van der Waals surface area (Å²) < 4.78 is 11.6. The molecule has 0 amide bonds. The van der Waals surface area contributed by atoms with Crippen LogP contribution in [-0.4, -0.2) is 36.3 Å². The molecule has 0 aromatic heterocycles. The first-order valence-electron chi connectivity index (χ1n) is 14.9. The van der Waals surface area contributed by atoms with E-state index in [1.807, 2.05) is 39.8 Å². The lowest BCUT2D eigenvalue weighted by Gasteiger charge is -2.13. The molecule has 0 spiro atoms. The highest BCUT2D eigenvalue weighted by Crippen LogP contribution is 2.29. The molecule has 0 radical (unpaired) electrons. The van der Waals surface area contributed by atoms with Gasteiger partial charge in [-0.3, -0.25) is 19.2 Å². The van der Waals surface area contributed by atoms with Gasteiger partial charge in [-0.15, -0.1) is 0 Å². The van der Waals surface area contributed by atoms with Gasteiger partial charge >= 0.3 is 0 Å². The van der Waals surface area contributed by atoms with E-state index in [1.54, 1.807) is 6.07 Å². The second-order valence-electron chi connectivity index (χ2n) is 10.1. The van der Waals surface area contributed by atoms with Crippen LogP contribution < -0.4 is 9.47 Å². The van der Waals surface area contributed by atoms with Gasteiger partial charge in [-0.05, 0) is 37.8 Å². The molecule has 0 aliphatic carbocycles. The molecule has 0 N–H and O–H groups in total. The van der Waals surface area contributed by atoms with Gasteiger partial charge in [0.15, 0.2) is 0 Å². The number of hydrogen-bond donors (Lipinski definition) is 0. The van der Waals surface area contributed by atoms with Gasteiger partial charge in [0.1, 0.15) is 34.6 Å². The summed E-state index contributed by atoms with van der Waals surface area (Å²) in [6, 6.07) is 5.45. The summed E-state index contributed by atoms with van der Waals surface area (Å²) in [6.07, 6.45) is 10.4. The van der Waals surface area contributed by atoms with Gasteiger partial charge in [0.05, 0.1) is 30.1 Å². The Morgan fingerprint density at radius 1 is 0.615 bits per heavy atom. The van der Waals surface area contributed by atoms with Crippen molar-refractivity contribution in [1.82, 2.24) is 0 Å². The molecule has 1 aromatic rings. The number of carbonyl (C=O) groups excluding carboxylic acids is 4. The summed E-state index contributed by atoms with van der Waals surface area (Å²) in [5.41, 5.74) is 0. The molecule has 0 unspecified atom stereocenters. The summed E-state index contributed by atoms with van der Waals surface area (Å²) >= 11 is 6.38. The maximum atomic E-state index is 12.0. The zero-order chi connectivity index (χ0) is 29.0. The zero-order valence-corrected chi connectivity index (χ0v) is 25.3. The van der Waals surface area contributed by atoms with Crippen molar-refractivity contribution in [2.24, 2.45) is 11.8 Å². The lowest BCUT2D eigenvalue weighted by molar-refractivity contribution is -0.134. The van der Waals surface area contributed by atoms with Crippen molar-refractivity contribution in [3.8, 4) is 11.5 Å². The van der Waals surface area contributed by atoms with Crippen LogP contribution >= 0.6 is 11.6 Å². The van der Waals surface area contributed by atoms with Crippen LogP contribution in [0.1, 0.15) is 118 Å². The smallest absolute Gasteiger partial charge is 0.143 e. The van der Waals surface area contributed by atoms with Crippen molar-refractivity contribution in [2.75, 3.05) is 13.2 Å². The number of halogens is 1. The van der Waals surface area contributed by atoms with E-state index < -0.39 is 11.8 Å². The fourth-order valence-electron chi connectivity index (χ4n) is 4.66. The third-order valence-corrected chi connectivity index (χ3v) is 7.45. The van der Waals surface area contributed by atoms with E-state index in [-0.39, 0.29) is 23.1 Å². The van der Waals surface area contributed by atoms with E-state index in [0.717, 1.165) is 51.4 Å². The first-order valence-corrected chi connectivity index (χ1v) is 15.3. The summed E-state index contributed by atoms with van der Waals surface area (Å²) in [7, 11) is 0. The second kappa shape index (κ2) is 20.7. The fraction of sp³-hybridized carbons (Fsp3) is 0.688. The fourth-order valence-corrected chi connectivity index (χ4v) is 4.88. The minimum Gasteiger partial charge on any atom is -0.494 e. The van der Waals surface area contributed by atoms with Crippen LogP contribution in [0, 0.1) is 11.8 Å². The maximum absolute atomic E-state index is 12.0. The first kappa shape index (κ1) is 34.8. The molecule has 0 saturated carbocycles. The second-order valence-corrected chi connectivity index (χ2v) is 10.5. The van der Waals surface area contributed by atoms with Crippen LogP contribution in [0.4, 0.5) is 0 Å². The largest absolute Gasteiger partial charge is 0.494 e. The highest BCUT2D eigenvalue weighted by atomic mass is 35.5. The Kier molecular flexibility index (Phi) is 18.4.